The molecular weight excluding hydrogens is 216 g/mol. The van der Waals surface area contributed by atoms with E-state index < -0.39 is 24.4 Å². The summed E-state index contributed by atoms with van der Waals surface area (Å²) in [4.78, 5) is 21.1. The zero-order chi connectivity index (χ0) is 12.1. The van der Waals surface area contributed by atoms with Crippen molar-refractivity contribution in [1.29, 1.82) is 0 Å². The van der Waals surface area contributed by atoms with E-state index in [1.165, 1.54) is 6.07 Å². The van der Waals surface area contributed by atoms with Crippen molar-refractivity contribution >= 4 is 17.8 Å². The number of carboxylic acids is 2. The lowest BCUT2D eigenvalue weighted by Crippen LogP contribution is -2.37. The number of nitrogens with one attached hydrogen (secondary N) is 1. The molecule has 0 saturated carbocycles. The van der Waals surface area contributed by atoms with Crippen LogP contribution in [0.5, 0.6) is 0 Å². The Balaban J connectivity index is 2.50. The standard InChI is InChI=1S/C9H12N2O5/c10-7-2-1-5(16-7)4-11-6(9(14)15)3-8(12)13/h1-2,6,11H,3-4,10H2,(H,12,13)(H,14,15). The van der Waals surface area contributed by atoms with Crippen LogP contribution in [0.25, 0.3) is 0 Å². The second kappa shape index (κ2) is 5.17. The minimum Gasteiger partial charge on any atom is -0.481 e. The molecule has 88 valence electrons. The van der Waals surface area contributed by atoms with Crippen molar-refractivity contribution in [1.82, 2.24) is 5.32 Å². The lowest BCUT2D eigenvalue weighted by atomic mass is 10.2. The molecule has 5 N–H and O–H groups in total. The highest BCUT2D eigenvalue weighted by atomic mass is 16.4. The van der Waals surface area contributed by atoms with Gasteiger partial charge in [0.15, 0.2) is 5.88 Å². The molecule has 7 heteroatoms. The fourth-order valence-electron chi connectivity index (χ4n) is 1.13. The third-order valence-corrected chi connectivity index (χ3v) is 1.88. The molecule has 0 bridgehead atoms. The molecule has 0 aliphatic carbocycles. The van der Waals surface area contributed by atoms with Crippen LogP contribution in [0.4, 0.5) is 5.88 Å². The largest absolute Gasteiger partial charge is 0.481 e. The molecule has 0 fully saturated rings. The van der Waals surface area contributed by atoms with Crippen LogP contribution in [0, 0.1) is 0 Å². The summed E-state index contributed by atoms with van der Waals surface area (Å²) in [5.41, 5.74) is 5.32. The van der Waals surface area contributed by atoms with Gasteiger partial charge < -0.3 is 20.4 Å². The van der Waals surface area contributed by atoms with Crippen molar-refractivity contribution < 1.29 is 24.2 Å². The Labute approximate surface area is 90.9 Å². The van der Waals surface area contributed by atoms with Gasteiger partial charge in [0.05, 0.1) is 13.0 Å². The quantitative estimate of drug-likeness (QED) is 0.534. The minimum atomic E-state index is -1.22. The number of carboxylic acid groups (broad SMARTS) is 2. The predicted octanol–water partition coefficient (Wildman–Crippen LogP) is -0.121. The molecule has 1 aromatic heterocycles. The maximum Gasteiger partial charge on any atom is 0.321 e. The van der Waals surface area contributed by atoms with E-state index in [0.717, 1.165) is 0 Å². The molecule has 1 heterocycles. The van der Waals surface area contributed by atoms with Crippen LogP contribution in [0.1, 0.15) is 12.2 Å². The van der Waals surface area contributed by atoms with Gasteiger partial charge in [-0.25, -0.2) is 0 Å². The number of nitrogens with two attached hydrogens (primary N) is 1. The fraction of sp³-hybridized carbons (Fsp3) is 0.333. The zero-order valence-corrected chi connectivity index (χ0v) is 8.34. The second-order valence-electron chi connectivity index (χ2n) is 3.17. The Morgan fingerprint density at radius 3 is 2.56 bits per heavy atom. The average Bonchev–Trinajstić information content (AvgIpc) is 2.58. The highest BCUT2D eigenvalue weighted by Gasteiger charge is 2.20. The first kappa shape index (κ1) is 12.1. The summed E-state index contributed by atoms with van der Waals surface area (Å²) in [5.74, 6) is -1.73. The topological polar surface area (TPSA) is 126 Å². The summed E-state index contributed by atoms with van der Waals surface area (Å²) in [6, 6.07) is 1.97. The van der Waals surface area contributed by atoms with E-state index in [-0.39, 0.29) is 12.4 Å². The van der Waals surface area contributed by atoms with Crippen molar-refractivity contribution in [2.24, 2.45) is 0 Å². The van der Waals surface area contributed by atoms with E-state index in [1.807, 2.05) is 0 Å². The number of furan rings is 1. The van der Waals surface area contributed by atoms with E-state index in [1.54, 1.807) is 6.07 Å². The Bertz CT molecular complexity index is 387. The van der Waals surface area contributed by atoms with Crippen molar-refractivity contribution in [3.05, 3.63) is 17.9 Å². The molecule has 0 aliphatic heterocycles. The highest BCUT2D eigenvalue weighted by molar-refractivity contribution is 5.80. The van der Waals surface area contributed by atoms with Gasteiger partial charge in [0.1, 0.15) is 11.8 Å². The molecule has 1 rings (SSSR count). The molecule has 7 nitrogen and oxygen atoms in total. The molecule has 0 radical (unpaired) electrons. The average molecular weight is 228 g/mol. The van der Waals surface area contributed by atoms with Gasteiger partial charge in [-0.2, -0.15) is 0 Å². The third kappa shape index (κ3) is 3.62. The van der Waals surface area contributed by atoms with Crippen LogP contribution >= 0.6 is 0 Å². The summed E-state index contributed by atoms with van der Waals surface area (Å²) >= 11 is 0. The van der Waals surface area contributed by atoms with Crippen LogP contribution in [0.3, 0.4) is 0 Å². The lowest BCUT2D eigenvalue weighted by Gasteiger charge is -2.10. The Morgan fingerprint density at radius 2 is 2.12 bits per heavy atom. The smallest absolute Gasteiger partial charge is 0.321 e. The Hall–Kier alpha value is -2.02. The van der Waals surface area contributed by atoms with Crippen molar-refractivity contribution in [3.63, 3.8) is 0 Å². The van der Waals surface area contributed by atoms with Crippen molar-refractivity contribution in [2.75, 3.05) is 5.73 Å². The molecule has 0 spiro atoms. The first-order valence-corrected chi connectivity index (χ1v) is 4.51. The van der Waals surface area contributed by atoms with Gasteiger partial charge in [-0.15, -0.1) is 0 Å². The number of nitrogen functional groups attached to an aromatic ring is 1. The summed E-state index contributed by atoms with van der Waals surface area (Å²) in [6.45, 7) is 0.113. The molecule has 0 amide bonds. The predicted molar refractivity (Wildman–Crippen MR) is 53.6 cm³/mol. The number of hydrogen-bond donors (Lipinski definition) is 4. The van der Waals surface area contributed by atoms with E-state index >= 15 is 0 Å². The van der Waals surface area contributed by atoms with Crippen LogP contribution in [0.15, 0.2) is 16.5 Å². The number of rotatable bonds is 6. The van der Waals surface area contributed by atoms with E-state index in [9.17, 15) is 9.59 Å². The SMILES string of the molecule is Nc1ccc(CNC(CC(=O)O)C(=O)O)o1. The van der Waals surface area contributed by atoms with E-state index in [4.69, 9.17) is 20.4 Å². The van der Waals surface area contributed by atoms with Crippen LogP contribution in [-0.4, -0.2) is 28.2 Å². The third-order valence-electron chi connectivity index (χ3n) is 1.88. The summed E-state index contributed by atoms with van der Waals surface area (Å²) in [6.07, 6.45) is -0.495. The Morgan fingerprint density at radius 1 is 1.44 bits per heavy atom. The molecule has 1 aromatic rings. The summed E-state index contributed by atoms with van der Waals surface area (Å²) in [7, 11) is 0. The Kier molecular flexibility index (Phi) is 3.90. The van der Waals surface area contributed by atoms with Crippen molar-refractivity contribution in [3.8, 4) is 0 Å². The molecule has 0 aromatic carbocycles. The van der Waals surface area contributed by atoms with Gasteiger partial charge >= 0.3 is 11.9 Å². The molecular formula is C9H12N2O5. The maximum absolute atomic E-state index is 10.7. The van der Waals surface area contributed by atoms with E-state index in [0.29, 0.717) is 5.76 Å². The molecule has 0 saturated heterocycles. The first-order chi connectivity index (χ1) is 7.49. The number of aliphatic carboxylic acids is 2. The molecule has 0 aliphatic rings. The van der Waals surface area contributed by atoms with Gasteiger partial charge in [-0.05, 0) is 6.07 Å². The summed E-state index contributed by atoms with van der Waals surface area (Å²) in [5, 5.41) is 19.8. The summed E-state index contributed by atoms with van der Waals surface area (Å²) < 4.78 is 4.99. The monoisotopic (exact) mass is 228 g/mol. The normalized spacial score (nSPS) is 12.2. The van der Waals surface area contributed by atoms with Gasteiger partial charge in [0, 0.05) is 6.07 Å². The van der Waals surface area contributed by atoms with Gasteiger partial charge in [0.2, 0.25) is 0 Å². The molecule has 1 unspecified atom stereocenters. The maximum atomic E-state index is 10.7. The van der Waals surface area contributed by atoms with Crippen LogP contribution in [-0.2, 0) is 16.1 Å². The molecule has 1 atom stereocenters. The minimum absolute atomic E-state index is 0.113. The molecule has 16 heavy (non-hydrogen) atoms. The highest BCUT2D eigenvalue weighted by Crippen LogP contribution is 2.09. The van der Waals surface area contributed by atoms with Crippen LogP contribution < -0.4 is 11.1 Å². The van der Waals surface area contributed by atoms with Crippen LogP contribution in [0.2, 0.25) is 0 Å². The second-order valence-corrected chi connectivity index (χ2v) is 3.17. The lowest BCUT2D eigenvalue weighted by molar-refractivity contribution is -0.146. The van der Waals surface area contributed by atoms with Crippen molar-refractivity contribution in [2.45, 2.75) is 19.0 Å². The van der Waals surface area contributed by atoms with Gasteiger partial charge in [-0.3, -0.25) is 14.9 Å². The number of hydrogen-bond acceptors (Lipinski definition) is 5. The first-order valence-electron chi connectivity index (χ1n) is 4.51. The number of carbonyl (C=O) groups is 2. The number of anilines is 1. The van der Waals surface area contributed by atoms with Gasteiger partial charge in [0.25, 0.3) is 0 Å². The van der Waals surface area contributed by atoms with E-state index in [2.05, 4.69) is 5.32 Å². The zero-order valence-electron chi connectivity index (χ0n) is 8.34. The van der Waals surface area contributed by atoms with Gasteiger partial charge in [-0.1, -0.05) is 0 Å². The fourth-order valence-corrected chi connectivity index (χ4v) is 1.13.